The number of hydrogen-bond donors (Lipinski definition) is 0. The van der Waals surface area contributed by atoms with Crippen molar-refractivity contribution in [2.45, 2.75) is 32.1 Å². The topological polar surface area (TPSA) is 0 Å². The average molecular weight is 134 g/mol. The van der Waals surface area contributed by atoms with E-state index in [2.05, 4.69) is 18.2 Å². The smallest absolute Gasteiger partial charge is 0.0165 e. The van der Waals surface area contributed by atoms with Crippen molar-refractivity contribution in [2.24, 2.45) is 5.92 Å². The van der Waals surface area contributed by atoms with E-state index in [0.29, 0.717) is 0 Å². The molecule has 0 spiro atoms. The molecule has 0 N–H and O–H groups in total. The van der Waals surface area contributed by atoms with Crippen molar-refractivity contribution in [3.63, 3.8) is 0 Å². The Morgan fingerprint density at radius 3 is 2.90 bits per heavy atom. The van der Waals surface area contributed by atoms with Gasteiger partial charge in [0.15, 0.2) is 0 Å². The number of hydrogen-bond acceptors (Lipinski definition) is 0. The maximum atomic E-state index is 2.43. The predicted octanol–water partition coefficient (Wildman–Crippen LogP) is 3.06. The summed E-state index contributed by atoms with van der Waals surface area (Å²) in [5.74, 6) is 0.953. The molecule has 1 saturated carbocycles. The summed E-state index contributed by atoms with van der Waals surface area (Å²) in [7, 11) is 0. The summed E-state index contributed by atoms with van der Waals surface area (Å²) in [4.78, 5) is 0. The molecule has 2 aliphatic rings. The molecular formula is C10H14. The van der Waals surface area contributed by atoms with Gasteiger partial charge in [-0.1, -0.05) is 18.2 Å². The minimum Gasteiger partial charge on any atom is -0.0843 e. The van der Waals surface area contributed by atoms with Crippen LogP contribution < -0.4 is 0 Å². The van der Waals surface area contributed by atoms with Crippen molar-refractivity contribution in [3.05, 3.63) is 23.8 Å². The molecule has 0 aromatic heterocycles. The number of rotatable bonds is 1. The SMILES string of the molecule is C1=CC(C2CC2)=CCCC1. The molecule has 0 unspecified atom stereocenters. The maximum absolute atomic E-state index is 2.43. The molecule has 0 saturated heterocycles. The lowest BCUT2D eigenvalue weighted by Crippen LogP contribution is -1.77. The maximum Gasteiger partial charge on any atom is -0.0165 e. The van der Waals surface area contributed by atoms with Gasteiger partial charge in [-0.25, -0.2) is 0 Å². The lowest BCUT2D eigenvalue weighted by molar-refractivity contribution is 0.870. The quantitative estimate of drug-likeness (QED) is 0.517. The molecule has 0 heterocycles. The molecule has 0 nitrogen and oxygen atoms in total. The molecule has 0 amide bonds. The second-order valence-corrected chi connectivity index (χ2v) is 3.31. The Balaban J connectivity index is 2.06. The Bertz CT molecular complexity index is 170. The normalized spacial score (nSPS) is 25.8. The molecule has 10 heavy (non-hydrogen) atoms. The fourth-order valence-corrected chi connectivity index (χ4v) is 1.51. The van der Waals surface area contributed by atoms with E-state index in [1.807, 2.05) is 0 Å². The van der Waals surface area contributed by atoms with Crippen LogP contribution in [0.4, 0.5) is 0 Å². The zero-order valence-corrected chi connectivity index (χ0v) is 6.34. The Hall–Kier alpha value is -0.520. The molecule has 0 atom stereocenters. The highest BCUT2D eigenvalue weighted by Crippen LogP contribution is 2.38. The number of allylic oxidation sites excluding steroid dienone is 4. The first kappa shape index (κ1) is 6.21. The van der Waals surface area contributed by atoms with Gasteiger partial charge >= 0.3 is 0 Å². The van der Waals surface area contributed by atoms with Crippen molar-refractivity contribution < 1.29 is 0 Å². The summed E-state index contributed by atoms with van der Waals surface area (Å²) >= 11 is 0. The van der Waals surface area contributed by atoms with E-state index in [-0.39, 0.29) is 0 Å². The third-order valence-electron chi connectivity index (χ3n) is 2.31. The molecule has 0 heteroatoms. The summed E-state index contributed by atoms with van der Waals surface area (Å²) in [5.41, 5.74) is 1.62. The molecule has 1 fully saturated rings. The predicted molar refractivity (Wildman–Crippen MR) is 43.8 cm³/mol. The molecular weight excluding hydrogens is 120 g/mol. The zero-order chi connectivity index (χ0) is 6.81. The van der Waals surface area contributed by atoms with Gasteiger partial charge in [0.1, 0.15) is 0 Å². The van der Waals surface area contributed by atoms with E-state index >= 15 is 0 Å². The Kier molecular flexibility index (Phi) is 1.62. The molecule has 2 rings (SSSR count). The van der Waals surface area contributed by atoms with Gasteiger partial charge in [-0.05, 0) is 43.6 Å². The minimum absolute atomic E-state index is 0.953. The second kappa shape index (κ2) is 2.61. The van der Waals surface area contributed by atoms with Gasteiger partial charge in [0, 0.05) is 0 Å². The molecule has 2 aliphatic carbocycles. The Morgan fingerprint density at radius 2 is 2.10 bits per heavy atom. The molecule has 0 radical (unpaired) electrons. The van der Waals surface area contributed by atoms with Crippen molar-refractivity contribution in [1.29, 1.82) is 0 Å². The first-order valence-electron chi connectivity index (χ1n) is 4.33. The van der Waals surface area contributed by atoms with E-state index in [9.17, 15) is 0 Å². The standard InChI is InChI=1S/C10H14/c1-2-4-6-9(5-3-1)10-7-8-10/h3,5-6,10H,1-2,4,7-8H2. The molecule has 0 bridgehead atoms. The summed E-state index contributed by atoms with van der Waals surface area (Å²) in [5, 5.41) is 0. The van der Waals surface area contributed by atoms with Crippen molar-refractivity contribution in [2.75, 3.05) is 0 Å². The highest BCUT2D eigenvalue weighted by Gasteiger charge is 2.23. The van der Waals surface area contributed by atoms with Gasteiger partial charge in [-0.3, -0.25) is 0 Å². The van der Waals surface area contributed by atoms with Crippen molar-refractivity contribution in [3.8, 4) is 0 Å². The zero-order valence-electron chi connectivity index (χ0n) is 6.34. The largest absolute Gasteiger partial charge is 0.0843 e. The third-order valence-corrected chi connectivity index (χ3v) is 2.31. The highest BCUT2D eigenvalue weighted by molar-refractivity contribution is 5.26. The van der Waals surface area contributed by atoms with E-state index in [0.717, 1.165) is 5.92 Å². The van der Waals surface area contributed by atoms with E-state index in [1.165, 1.54) is 32.1 Å². The van der Waals surface area contributed by atoms with Crippen LogP contribution in [0.1, 0.15) is 32.1 Å². The average Bonchev–Trinajstić information content (AvgIpc) is 2.76. The Labute approximate surface area is 62.6 Å². The summed E-state index contributed by atoms with van der Waals surface area (Å²) < 4.78 is 0. The van der Waals surface area contributed by atoms with E-state index in [4.69, 9.17) is 0 Å². The van der Waals surface area contributed by atoms with E-state index in [1.54, 1.807) is 5.57 Å². The van der Waals surface area contributed by atoms with Crippen LogP contribution in [0.2, 0.25) is 0 Å². The van der Waals surface area contributed by atoms with Crippen LogP contribution in [0.3, 0.4) is 0 Å². The van der Waals surface area contributed by atoms with Crippen LogP contribution in [-0.4, -0.2) is 0 Å². The minimum atomic E-state index is 0.953. The van der Waals surface area contributed by atoms with Gasteiger partial charge in [-0.2, -0.15) is 0 Å². The van der Waals surface area contributed by atoms with Crippen LogP contribution in [0.25, 0.3) is 0 Å². The van der Waals surface area contributed by atoms with Crippen LogP contribution in [-0.2, 0) is 0 Å². The van der Waals surface area contributed by atoms with Gasteiger partial charge in [0.2, 0.25) is 0 Å². The van der Waals surface area contributed by atoms with Crippen LogP contribution in [0.15, 0.2) is 23.8 Å². The fourth-order valence-electron chi connectivity index (χ4n) is 1.51. The van der Waals surface area contributed by atoms with Crippen LogP contribution in [0, 0.1) is 5.92 Å². The van der Waals surface area contributed by atoms with Crippen LogP contribution >= 0.6 is 0 Å². The molecule has 0 aliphatic heterocycles. The Morgan fingerprint density at radius 1 is 1.20 bits per heavy atom. The van der Waals surface area contributed by atoms with Gasteiger partial charge < -0.3 is 0 Å². The summed E-state index contributed by atoms with van der Waals surface area (Å²) in [6.07, 6.45) is 13.9. The second-order valence-electron chi connectivity index (χ2n) is 3.31. The summed E-state index contributed by atoms with van der Waals surface area (Å²) in [6, 6.07) is 0. The monoisotopic (exact) mass is 134 g/mol. The fraction of sp³-hybridized carbons (Fsp3) is 0.600. The first-order valence-corrected chi connectivity index (χ1v) is 4.33. The van der Waals surface area contributed by atoms with E-state index < -0.39 is 0 Å². The molecule has 0 aromatic rings. The molecule has 0 aromatic carbocycles. The highest BCUT2D eigenvalue weighted by atomic mass is 14.3. The van der Waals surface area contributed by atoms with Gasteiger partial charge in [0.05, 0.1) is 0 Å². The summed E-state index contributed by atoms with van der Waals surface area (Å²) in [6.45, 7) is 0. The van der Waals surface area contributed by atoms with Crippen LogP contribution in [0.5, 0.6) is 0 Å². The van der Waals surface area contributed by atoms with Crippen molar-refractivity contribution >= 4 is 0 Å². The van der Waals surface area contributed by atoms with Crippen molar-refractivity contribution in [1.82, 2.24) is 0 Å². The third kappa shape index (κ3) is 1.31. The lowest BCUT2D eigenvalue weighted by atomic mass is 10.1. The van der Waals surface area contributed by atoms with Gasteiger partial charge in [0.25, 0.3) is 0 Å². The molecule has 54 valence electrons. The first-order chi connectivity index (χ1) is 4.97. The van der Waals surface area contributed by atoms with Gasteiger partial charge in [-0.15, -0.1) is 0 Å². The lowest BCUT2D eigenvalue weighted by Gasteiger charge is -1.93.